The van der Waals surface area contributed by atoms with Gasteiger partial charge in [-0.15, -0.1) is 0 Å². The zero-order valence-electron chi connectivity index (χ0n) is 7.81. The van der Waals surface area contributed by atoms with Gasteiger partial charge in [0.1, 0.15) is 0 Å². The molecule has 1 N–H and O–H groups in total. The first kappa shape index (κ1) is 10.8. The first-order valence-corrected chi connectivity index (χ1v) is 4.84. The molecule has 1 aromatic rings. The molecule has 0 atom stereocenters. The summed E-state index contributed by atoms with van der Waals surface area (Å²) >= 11 is 5.46. The van der Waals surface area contributed by atoms with E-state index < -0.39 is 0 Å². The molecule has 0 aromatic carbocycles. The van der Waals surface area contributed by atoms with Crippen molar-refractivity contribution in [3.63, 3.8) is 0 Å². The predicted molar refractivity (Wildman–Crippen MR) is 57.1 cm³/mol. The molecule has 1 aromatic heterocycles. The Morgan fingerprint density at radius 2 is 2.21 bits per heavy atom. The van der Waals surface area contributed by atoms with Crippen LogP contribution in [0.15, 0.2) is 48.3 Å². The molecule has 0 fully saturated rings. The van der Waals surface area contributed by atoms with Crippen LogP contribution in [0.25, 0.3) is 0 Å². The molecule has 0 bridgehead atoms. The Kier molecular flexibility index (Phi) is 4.79. The highest BCUT2D eigenvalue weighted by Gasteiger charge is 2.04. The van der Waals surface area contributed by atoms with Crippen LogP contribution in [0.4, 0.5) is 0 Å². The zero-order valence-corrected chi connectivity index (χ0v) is 8.56. The number of allylic oxidation sites excluding steroid dienone is 2. The van der Waals surface area contributed by atoms with E-state index in [0.29, 0.717) is 6.54 Å². The van der Waals surface area contributed by atoms with Gasteiger partial charge in [-0.2, -0.15) is 4.57 Å². The fourth-order valence-electron chi connectivity index (χ4n) is 1.20. The number of aliphatic hydroxyl groups is 1. The maximum Gasteiger partial charge on any atom is 0.185 e. The smallest absolute Gasteiger partial charge is 0.185 e. The van der Waals surface area contributed by atoms with Gasteiger partial charge in [0.2, 0.25) is 0 Å². The molecule has 0 radical (unpaired) electrons. The highest BCUT2D eigenvalue weighted by molar-refractivity contribution is 6.25. The lowest BCUT2D eigenvalue weighted by Gasteiger charge is -1.97. The van der Waals surface area contributed by atoms with Crippen LogP contribution in [0.2, 0.25) is 0 Å². The SMILES string of the molecule is OC=CC[n+]1ccccc1CC=CCl. The van der Waals surface area contributed by atoms with Crippen LogP contribution >= 0.6 is 11.6 Å². The lowest BCUT2D eigenvalue weighted by atomic mass is 10.2. The van der Waals surface area contributed by atoms with Crippen molar-refractivity contribution in [3.05, 3.63) is 54.0 Å². The first-order chi connectivity index (χ1) is 6.88. The van der Waals surface area contributed by atoms with Crippen molar-refractivity contribution in [1.29, 1.82) is 0 Å². The number of nitrogens with zero attached hydrogens (tertiary/aromatic N) is 1. The van der Waals surface area contributed by atoms with E-state index in [9.17, 15) is 0 Å². The van der Waals surface area contributed by atoms with Crippen LogP contribution in [-0.4, -0.2) is 5.11 Å². The van der Waals surface area contributed by atoms with Crippen LogP contribution in [-0.2, 0) is 13.0 Å². The lowest BCUT2D eigenvalue weighted by molar-refractivity contribution is -0.694. The van der Waals surface area contributed by atoms with Gasteiger partial charge in [-0.1, -0.05) is 23.7 Å². The summed E-state index contributed by atoms with van der Waals surface area (Å²) in [6.07, 6.45) is 7.39. The minimum atomic E-state index is 0.669. The Morgan fingerprint density at radius 3 is 2.93 bits per heavy atom. The van der Waals surface area contributed by atoms with Gasteiger partial charge >= 0.3 is 0 Å². The van der Waals surface area contributed by atoms with Gasteiger partial charge in [-0.3, -0.25) is 0 Å². The van der Waals surface area contributed by atoms with E-state index >= 15 is 0 Å². The van der Waals surface area contributed by atoms with Crippen LogP contribution in [0, 0.1) is 0 Å². The number of aliphatic hydroxyl groups excluding tert-OH is 1. The number of halogens is 1. The molecule has 14 heavy (non-hydrogen) atoms. The second-order valence-corrected chi connectivity index (χ2v) is 3.05. The summed E-state index contributed by atoms with van der Waals surface area (Å²) in [5, 5.41) is 8.57. The van der Waals surface area contributed by atoms with Crippen LogP contribution in [0.3, 0.4) is 0 Å². The second-order valence-electron chi connectivity index (χ2n) is 2.79. The van der Waals surface area contributed by atoms with Gasteiger partial charge in [0, 0.05) is 23.7 Å². The van der Waals surface area contributed by atoms with Gasteiger partial charge in [-0.25, -0.2) is 0 Å². The highest BCUT2D eigenvalue weighted by Crippen LogP contribution is 1.95. The average Bonchev–Trinajstić information content (AvgIpc) is 2.24. The second kappa shape index (κ2) is 6.22. The van der Waals surface area contributed by atoms with Crippen molar-refractivity contribution in [2.45, 2.75) is 13.0 Å². The predicted octanol–water partition coefficient (Wildman–Crippen LogP) is 2.34. The van der Waals surface area contributed by atoms with Crippen molar-refractivity contribution < 1.29 is 9.67 Å². The summed E-state index contributed by atoms with van der Waals surface area (Å²) in [6.45, 7) is 0.669. The van der Waals surface area contributed by atoms with Crippen LogP contribution in [0.5, 0.6) is 0 Å². The summed E-state index contributed by atoms with van der Waals surface area (Å²) in [7, 11) is 0. The molecular weight excluding hydrogens is 198 g/mol. The van der Waals surface area contributed by atoms with Gasteiger partial charge in [0.05, 0.1) is 12.7 Å². The molecule has 3 heteroatoms. The Morgan fingerprint density at radius 1 is 1.36 bits per heavy atom. The van der Waals surface area contributed by atoms with Crippen LogP contribution < -0.4 is 4.57 Å². The van der Waals surface area contributed by atoms with Crippen molar-refractivity contribution in [2.24, 2.45) is 0 Å². The number of hydrogen-bond acceptors (Lipinski definition) is 1. The molecule has 0 spiro atoms. The van der Waals surface area contributed by atoms with E-state index in [2.05, 4.69) is 0 Å². The zero-order chi connectivity index (χ0) is 10.2. The average molecular weight is 211 g/mol. The quantitative estimate of drug-likeness (QED) is 0.599. The fraction of sp³-hybridized carbons (Fsp3) is 0.182. The maximum atomic E-state index is 8.57. The molecule has 2 nitrogen and oxygen atoms in total. The minimum absolute atomic E-state index is 0.669. The summed E-state index contributed by atoms with van der Waals surface area (Å²) in [6, 6.07) is 5.97. The Balaban J connectivity index is 2.79. The maximum absolute atomic E-state index is 8.57. The molecule has 0 unspecified atom stereocenters. The molecule has 0 saturated carbocycles. The highest BCUT2D eigenvalue weighted by atomic mass is 35.5. The van der Waals surface area contributed by atoms with E-state index in [4.69, 9.17) is 16.7 Å². The standard InChI is InChI=1S/C11H12ClNO/c12-7-3-6-11-5-1-2-8-13(11)9-4-10-14/h1-5,7-8,10H,6,9H2/p+1. The minimum Gasteiger partial charge on any atom is -0.516 e. The Bertz CT molecular complexity index is 301. The van der Waals surface area contributed by atoms with Gasteiger partial charge < -0.3 is 5.11 Å². The van der Waals surface area contributed by atoms with Crippen molar-refractivity contribution in [3.8, 4) is 0 Å². The van der Waals surface area contributed by atoms with Crippen LogP contribution in [0.1, 0.15) is 5.69 Å². The molecule has 1 heterocycles. The van der Waals surface area contributed by atoms with Gasteiger partial charge in [0.15, 0.2) is 18.4 Å². The number of aromatic nitrogens is 1. The molecular formula is C11H13ClNO+. The summed E-state index contributed by atoms with van der Waals surface area (Å²) < 4.78 is 2.05. The third kappa shape index (κ3) is 3.23. The van der Waals surface area contributed by atoms with E-state index in [1.807, 2.05) is 35.0 Å². The normalized spacial score (nSPS) is 11.5. The van der Waals surface area contributed by atoms with E-state index in [1.165, 1.54) is 5.54 Å². The third-order valence-corrected chi connectivity index (χ3v) is 2.04. The lowest BCUT2D eigenvalue weighted by Crippen LogP contribution is -2.36. The molecule has 74 valence electrons. The Hall–Kier alpha value is -1.28. The monoisotopic (exact) mass is 210 g/mol. The fourth-order valence-corrected chi connectivity index (χ4v) is 1.29. The largest absolute Gasteiger partial charge is 0.516 e. The molecule has 0 saturated heterocycles. The third-order valence-electron chi connectivity index (χ3n) is 1.86. The van der Waals surface area contributed by atoms with Crippen molar-refractivity contribution in [2.75, 3.05) is 0 Å². The molecule has 0 amide bonds. The topological polar surface area (TPSA) is 24.1 Å². The summed E-state index contributed by atoms with van der Waals surface area (Å²) in [4.78, 5) is 0. The van der Waals surface area contributed by atoms with E-state index in [1.54, 1.807) is 6.08 Å². The number of pyridine rings is 1. The number of hydrogen-bond donors (Lipinski definition) is 1. The first-order valence-electron chi connectivity index (χ1n) is 4.40. The van der Waals surface area contributed by atoms with Gasteiger partial charge in [0.25, 0.3) is 0 Å². The van der Waals surface area contributed by atoms with Crippen molar-refractivity contribution >= 4 is 11.6 Å². The molecule has 0 aliphatic carbocycles. The van der Waals surface area contributed by atoms with E-state index in [0.717, 1.165) is 18.4 Å². The Labute approximate surface area is 88.8 Å². The van der Waals surface area contributed by atoms with Gasteiger partial charge in [-0.05, 0) is 0 Å². The van der Waals surface area contributed by atoms with Crippen molar-refractivity contribution in [1.82, 2.24) is 0 Å². The summed E-state index contributed by atoms with van der Waals surface area (Å²) in [5.41, 5.74) is 2.67. The molecule has 0 aliphatic heterocycles. The van der Waals surface area contributed by atoms with E-state index in [-0.39, 0.29) is 0 Å². The number of rotatable bonds is 4. The molecule has 0 aliphatic rings. The molecule has 1 rings (SSSR count). The summed E-state index contributed by atoms with van der Waals surface area (Å²) in [5.74, 6) is 0.